The fourth-order valence-corrected chi connectivity index (χ4v) is 2.40. The molecule has 1 aromatic carbocycles. The van der Waals surface area contributed by atoms with Crippen LogP contribution in [0.15, 0.2) is 18.2 Å². The lowest BCUT2D eigenvalue weighted by Gasteiger charge is -2.21. The van der Waals surface area contributed by atoms with Crippen LogP contribution in [0.3, 0.4) is 0 Å². The molecule has 0 atom stereocenters. The molecule has 0 spiro atoms. The Bertz CT molecular complexity index is 486. The van der Waals surface area contributed by atoms with Gasteiger partial charge < -0.3 is 19.7 Å². The van der Waals surface area contributed by atoms with Gasteiger partial charge >= 0.3 is 0 Å². The molecule has 0 aliphatic heterocycles. The van der Waals surface area contributed by atoms with Gasteiger partial charge in [-0.15, -0.1) is 0 Å². The van der Waals surface area contributed by atoms with E-state index in [1.807, 2.05) is 37.1 Å². The van der Waals surface area contributed by atoms with E-state index < -0.39 is 0 Å². The van der Waals surface area contributed by atoms with Crippen molar-refractivity contribution in [1.29, 1.82) is 0 Å². The number of amides is 1. The summed E-state index contributed by atoms with van der Waals surface area (Å²) in [6.07, 6.45) is 2.24. The monoisotopic (exact) mass is 292 g/mol. The smallest absolute Gasteiger partial charge is 0.260 e. The predicted molar refractivity (Wildman–Crippen MR) is 81.7 cm³/mol. The third-order valence-electron chi connectivity index (χ3n) is 3.63. The minimum Gasteiger partial charge on any atom is -0.497 e. The molecule has 0 heterocycles. The van der Waals surface area contributed by atoms with Gasteiger partial charge in [-0.2, -0.15) is 0 Å². The Hall–Kier alpha value is -1.75. The molecule has 1 aliphatic rings. The van der Waals surface area contributed by atoms with Crippen molar-refractivity contribution >= 4 is 5.91 Å². The third-order valence-corrected chi connectivity index (χ3v) is 3.63. The van der Waals surface area contributed by atoms with Gasteiger partial charge in [0.25, 0.3) is 5.91 Å². The first-order chi connectivity index (χ1) is 10.2. The zero-order valence-corrected chi connectivity index (χ0v) is 13.0. The lowest BCUT2D eigenvalue weighted by atomic mass is 10.2. The molecule has 1 aliphatic carbocycles. The highest BCUT2D eigenvalue weighted by Gasteiger charge is 2.31. The number of methoxy groups -OCH3 is 1. The predicted octanol–water partition coefficient (Wildman–Crippen LogP) is 1.80. The molecule has 2 rings (SSSR count). The van der Waals surface area contributed by atoms with Gasteiger partial charge in [-0.05, 0) is 45.0 Å². The van der Waals surface area contributed by atoms with Crippen LogP contribution in [0, 0.1) is 0 Å². The van der Waals surface area contributed by atoms with E-state index in [4.69, 9.17) is 9.47 Å². The van der Waals surface area contributed by atoms with Crippen LogP contribution in [0.5, 0.6) is 11.5 Å². The minimum atomic E-state index is 0.0613. The highest BCUT2D eigenvalue weighted by atomic mass is 16.5. The van der Waals surface area contributed by atoms with Gasteiger partial charge in [0, 0.05) is 24.7 Å². The molecule has 0 radical (unpaired) electrons. The summed E-state index contributed by atoms with van der Waals surface area (Å²) in [5.41, 5.74) is 0.985. The van der Waals surface area contributed by atoms with Crippen molar-refractivity contribution in [3.8, 4) is 11.5 Å². The Kier molecular flexibility index (Phi) is 5.44. The molecule has 1 fully saturated rings. The summed E-state index contributed by atoms with van der Waals surface area (Å²) >= 11 is 0. The van der Waals surface area contributed by atoms with Gasteiger partial charge in [0.2, 0.25) is 0 Å². The molecule has 5 heteroatoms. The van der Waals surface area contributed by atoms with E-state index in [9.17, 15) is 4.79 Å². The molecule has 0 saturated heterocycles. The Morgan fingerprint density at radius 1 is 1.43 bits per heavy atom. The summed E-state index contributed by atoms with van der Waals surface area (Å²) < 4.78 is 10.9. The molecule has 1 N–H and O–H groups in total. The van der Waals surface area contributed by atoms with Crippen LogP contribution in [0.2, 0.25) is 0 Å². The fourth-order valence-electron chi connectivity index (χ4n) is 2.40. The van der Waals surface area contributed by atoms with Crippen molar-refractivity contribution < 1.29 is 14.3 Å². The van der Waals surface area contributed by atoms with Crippen LogP contribution in [-0.4, -0.2) is 44.2 Å². The zero-order valence-electron chi connectivity index (χ0n) is 13.0. The normalized spacial score (nSPS) is 13.9. The average molecular weight is 292 g/mol. The number of nitrogens with one attached hydrogen (secondary N) is 1. The molecule has 116 valence electrons. The first-order valence-electron chi connectivity index (χ1n) is 7.43. The fraction of sp³-hybridized carbons (Fsp3) is 0.562. The molecular weight excluding hydrogens is 268 g/mol. The molecule has 0 aromatic heterocycles. The van der Waals surface area contributed by atoms with E-state index in [2.05, 4.69) is 5.32 Å². The summed E-state index contributed by atoms with van der Waals surface area (Å²) in [6.45, 7) is 3.52. The number of ether oxygens (including phenoxy) is 2. The summed E-state index contributed by atoms with van der Waals surface area (Å²) in [7, 11) is 3.51. The maximum Gasteiger partial charge on any atom is 0.260 e. The van der Waals surface area contributed by atoms with Gasteiger partial charge in [-0.1, -0.05) is 0 Å². The maximum atomic E-state index is 12.2. The standard InChI is InChI=1S/C16H24N2O3/c1-4-18(13-5-6-13)16(19)11-21-15-8-7-14(20-3)9-12(15)10-17-2/h7-9,13,17H,4-6,10-11H2,1-3H3. The second-order valence-electron chi connectivity index (χ2n) is 5.20. The molecule has 0 bridgehead atoms. The van der Waals surface area contributed by atoms with Gasteiger partial charge in [-0.3, -0.25) is 4.79 Å². The lowest BCUT2D eigenvalue weighted by Crippen LogP contribution is -2.36. The topological polar surface area (TPSA) is 50.8 Å². The molecule has 5 nitrogen and oxygen atoms in total. The Balaban J connectivity index is 1.99. The average Bonchev–Trinajstić information content (AvgIpc) is 3.31. The number of hydrogen-bond acceptors (Lipinski definition) is 4. The van der Waals surface area contributed by atoms with E-state index in [0.29, 0.717) is 12.6 Å². The highest BCUT2D eigenvalue weighted by Crippen LogP contribution is 2.27. The van der Waals surface area contributed by atoms with Crippen LogP contribution >= 0.6 is 0 Å². The number of benzene rings is 1. The molecular formula is C16H24N2O3. The van der Waals surface area contributed by atoms with E-state index in [1.165, 1.54) is 0 Å². The molecule has 1 amide bonds. The number of likely N-dealkylation sites (N-methyl/N-ethyl adjacent to an activating group) is 1. The number of rotatable bonds is 8. The lowest BCUT2D eigenvalue weighted by molar-refractivity contribution is -0.133. The van der Waals surface area contributed by atoms with Crippen molar-refractivity contribution in [3.05, 3.63) is 23.8 Å². The first kappa shape index (κ1) is 15.6. The SMILES string of the molecule is CCN(C(=O)COc1ccc(OC)cc1CNC)C1CC1. The van der Waals surface area contributed by atoms with Crippen molar-refractivity contribution in [1.82, 2.24) is 10.2 Å². The number of hydrogen-bond donors (Lipinski definition) is 1. The molecule has 0 unspecified atom stereocenters. The Morgan fingerprint density at radius 2 is 2.19 bits per heavy atom. The van der Waals surface area contributed by atoms with Crippen LogP contribution < -0.4 is 14.8 Å². The maximum absolute atomic E-state index is 12.2. The Labute approximate surface area is 126 Å². The second-order valence-corrected chi connectivity index (χ2v) is 5.20. The van der Waals surface area contributed by atoms with Gasteiger partial charge in [0.1, 0.15) is 11.5 Å². The van der Waals surface area contributed by atoms with E-state index in [-0.39, 0.29) is 12.5 Å². The first-order valence-corrected chi connectivity index (χ1v) is 7.43. The highest BCUT2D eigenvalue weighted by molar-refractivity contribution is 5.78. The van der Waals surface area contributed by atoms with Crippen LogP contribution in [0.4, 0.5) is 0 Å². The number of carbonyl (C=O) groups excluding carboxylic acids is 1. The molecule has 1 aromatic rings. The molecule has 1 saturated carbocycles. The summed E-state index contributed by atoms with van der Waals surface area (Å²) in [5.74, 6) is 1.57. The van der Waals surface area contributed by atoms with E-state index >= 15 is 0 Å². The number of nitrogens with zero attached hydrogens (tertiary/aromatic N) is 1. The van der Waals surface area contributed by atoms with Gasteiger partial charge in [0.15, 0.2) is 6.61 Å². The Morgan fingerprint density at radius 3 is 2.76 bits per heavy atom. The molecule has 21 heavy (non-hydrogen) atoms. The van der Waals surface area contributed by atoms with Crippen LogP contribution in [-0.2, 0) is 11.3 Å². The van der Waals surface area contributed by atoms with Gasteiger partial charge in [0.05, 0.1) is 7.11 Å². The van der Waals surface area contributed by atoms with Crippen LogP contribution in [0.1, 0.15) is 25.3 Å². The van der Waals surface area contributed by atoms with Crippen molar-refractivity contribution in [2.75, 3.05) is 27.3 Å². The summed E-state index contributed by atoms with van der Waals surface area (Å²) in [5, 5.41) is 3.09. The van der Waals surface area contributed by atoms with Gasteiger partial charge in [-0.25, -0.2) is 0 Å². The van der Waals surface area contributed by atoms with Crippen molar-refractivity contribution in [3.63, 3.8) is 0 Å². The largest absolute Gasteiger partial charge is 0.497 e. The zero-order chi connectivity index (χ0) is 15.2. The van der Waals surface area contributed by atoms with E-state index in [0.717, 1.165) is 36.4 Å². The summed E-state index contributed by atoms with van der Waals surface area (Å²) in [6, 6.07) is 6.05. The van der Waals surface area contributed by atoms with Crippen LogP contribution in [0.25, 0.3) is 0 Å². The van der Waals surface area contributed by atoms with Crippen molar-refractivity contribution in [2.24, 2.45) is 0 Å². The van der Waals surface area contributed by atoms with E-state index in [1.54, 1.807) is 7.11 Å². The van der Waals surface area contributed by atoms with Crippen molar-refractivity contribution in [2.45, 2.75) is 32.4 Å². The quantitative estimate of drug-likeness (QED) is 0.794. The summed E-state index contributed by atoms with van der Waals surface area (Å²) in [4.78, 5) is 14.1. The number of carbonyl (C=O) groups is 1. The minimum absolute atomic E-state index is 0.0613. The third kappa shape index (κ3) is 4.11. The second kappa shape index (κ2) is 7.31.